The van der Waals surface area contributed by atoms with Crippen molar-refractivity contribution in [2.45, 2.75) is 37.8 Å². The monoisotopic (exact) mass is 559 g/mol. The molecule has 3 atom stereocenters. The fourth-order valence-corrected chi connectivity index (χ4v) is 6.21. The Morgan fingerprint density at radius 3 is 2.65 bits per heavy atom. The summed E-state index contributed by atoms with van der Waals surface area (Å²) in [6.07, 6.45) is 2.34. The number of carbonyl (C=O) groups is 4. The molecule has 2 fully saturated rings. The van der Waals surface area contributed by atoms with Gasteiger partial charge in [-0.25, -0.2) is 4.98 Å². The highest BCUT2D eigenvalue weighted by Gasteiger charge is 2.40. The van der Waals surface area contributed by atoms with Crippen LogP contribution in [0.3, 0.4) is 0 Å². The minimum Gasteiger partial charge on any atom is -0.496 e. The molecule has 3 amide bonds. The van der Waals surface area contributed by atoms with Crippen molar-refractivity contribution in [1.29, 1.82) is 0 Å². The third kappa shape index (κ3) is 5.16. The zero-order valence-corrected chi connectivity index (χ0v) is 22.7. The van der Waals surface area contributed by atoms with Crippen molar-refractivity contribution in [1.82, 2.24) is 25.9 Å². The number of nitrogens with one attached hydrogen (secondary N) is 4. The molecule has 1 aliphatic heterocycles. The van der Waals surface area contributed by atoms with Crippen LogP contribution in [-0.4, -0.2) is 59.2 Å². The van der Waals surface area contributed by atoms with Crippen LogP contribution < -0.4 is 20.7 Å². The number of H-pyrrole nitrogens is 1. The number of nitrogens with zero attached hydrogens (tertiary/aromatic N) is 1. The molecule has 40 heavy (non-hydrogen) atoms. The summed E-state index contributed by atoms with van der Waals surface area (Å²) in [5, 5.41) is 9.60. The van der Waals surface area contributed by atoms with E-state index in [1.165, 1.54) is 11.3 Å². The maximum absolute atomic E-state index is 13.7. The van der Waals surface area contributed by atoms with Crippen molar-refractivity contribution >= 4 is 56.0 Å². The fraction of sp³-hybridized carbons (Fsp3) is 0.345. The molecular weight excluding hydrogens is 530 g/mol. The van der Waals surface area contributed by atoms with Gasteiger partial charge in [-0.15, -0.1) is 11.3 Å². The second-order valence-corrected chi connectivity index (χ2v) is 11.3. The van der Waals surface area contributed by atoms with Crippen LogP contribution >= 0.6 is 11.3 Å². The largest absolute Gasteiger partial charge is 0.496 e. The number of amides is 3. The number of Topliss-reactive ketones (excluding diaryl/α,β-unsaturated/α-hetero) is 1. The molecule has 0 spiro atoms. The van der Waals surface area contributed by atoms with E-state index in [2.05, 4.69) is 25.9 Å². The Balaban J connectivity index is 1.22. The number of hydrogen-bond donors (Lipinski definition) is 4. The molecule has 1 saturated heterocycles. The number of methoxy groups -OCH3 is 1. The fourth-order valence-electron chi connectivity index (χ4n) is 5.25. The standard InChI is InChI=1S/C29H29N5O5S/c1-39-22-7-4-6-18-17(22)14-21(31-18)27(37)34-24(15-9-10-15)28(38)32-20(13-16-11-12-30-26(16)36)25(35)29-33-19-5-2-3-8-23(19)40-29/h2-8,14-16,20,24,31H,9-13H2,1H3,(H,30,36)(H,32,38)(H,34,37)/t16-,20-,24-/m0/s1. The Hall–Kier alpha value is -4.25. The number of fused-ring (bicyclic) bond motifs is 2. The van der Waals surface area contributed by atoms with Crippen LogP contribution in [0.4, 0.5) is 0 Å². The number of rotatable bonds is 10. The number of para-hydroxylation sites is 1. The smallest absolute Gasteiger partial charge is 0.268 e. The minimum atomic E-state index is -0.947. The van der Waals surface area contributed by atoms with E-state index in [1.807, 2.05) is 42.5 Å². The van der Waals surface area contributed by atoms with Crippen LogP contribution in [0.1, 0.15) is 46.0 Å². The molecule has 6 rings (SSSR count). The summed E-state index contributed by atoms with van der Waals surface area (Å²) in [7, 11) is 1.57. The van der Waals surface area contributed by atoms with Crippen LogP contribution in [0.15, 0.2) is 48.5 Å². The van der Waals surface area contributed by atoms with Gasteiger partial charge in [-0.3, -0.25) is 19.2 Å². The van der Waals surface area contributed by atoms with Crippen LogP contribution in [0, 0.1) is 11.8 Å². The lowest BCUT2D eigenvalue weighted by Gasteiger charge is -2.23. The second-order valence-electron chi connectivity index (χ2n) is 10.3. The SMILES string of the molecule is COc1cccc2[nH]c(C(=O)N[C@H](C(=O)N[C@@H](C[C@@H]3CCNC3=O)C(=O)c3nc4ccccc4s3)C3CC3)cc12. The van der Waals surface area contributed by atoms with Gasteiger partial charge in [-0.1, -0.05) is 18.2 Å². The Morgan fingerprint density at radius 1 is 1.10 bits per heavy atom. The molecule has 4 aromatic rings. The van der Waals surface area contributed by atoms with Gasteiger partial charge in [-0.2, -0.15) is 0 Å². The predicted octanol–water partition coefficient (Wildman–Crippen LogP) is 3.19. The van der Waals surface area contributed by atoms with Gasteiger partial charge in [0.2, 0.25) is 17.6 Å². The molecule has 2 aliphatic rings. The van der Waals surface area contributed by atoms with E-state index in [1.54, 1.807) is 13.2 Å². The van der Waals surface area contributed by atoms with Gasteiger partial charge in [0.05, 0.1) is 23.4 Å². The molecule has 11 heteroatoms. The van der Waals surface area contributed by atoms with E-state index in [0.29, 0.717) is 29.9 Å². The molecule has 0 unspecified atom stereocenters. The molecule has 2 aromatic heterocycles. The van der Waals surface area contributed by atoms with Gasteiger partial charge in [0.1, 0.15) is 17.5 Å². The lowest BCUT2D eigenvalue weighted by Crippen LogP contribution is -2.53. The van der Waals surface area contributed by atoms with E-state index in [-0.39, 0.29) is 35.0 Å². The maximum atomic E-state index is 13.7. The molecule has 4 N–H and O–H groups in total. The van der Waals surface area contributed by atoms with Crippen molar-refractivity contribution in [2.24, 2.45) is 11.8 Å². The Bertz CT molecular complexity index is 1590. The molecule has 10 nitrogen and oxygen atoms in total. The highest BCUT2D eigenvalue weighted by Crippen LogP contribution is 2.34. The van der Waals surface area contributed by atoms with Gasteiger partial charge < -0.3 is 25.7 Å². The molecule has 0 bridgehead atoms. The third-order valence-electron chi connectivity index (χ3n) is 7.57. The van der Waals surface area contributed by atoms with E-state index in [9.17, 15) is 19.2 Å². The first kappa shape index (κ1) is 26.0. The topological polar surface area (TPSA) is 142 Å². The molecule has 3 heterocycles. The van der Waals surface area contributed by atoms with Crippen molar-refractivity contribution in [3.8, 4) is 5.75 Å². The number of ether oxygens (including phenoxy) is 1. The van der Waals surface area contributed by atoms with E-state index >= 15 is 0 Å². The summed E-state index contributed by atoms with van der Waals surface area (Å²) in [5.74, 6) is -1.11. The average Bonchev–Trinajstić information content (AvgIpc) is 3.35. The molecule has 0 radical (unpaired) electrons. The summed E-state index contributed by atoms with van der Waals surface area (Å²) >= 11 is 1.26. The number of benzene rings is 2. The van der Waals surface area contributed by atoms with E-state index in [4.69, 9.17) is 4.74 Å². The number of aromatic amines is 1. The van der Waals surface area contributed by atoms with Crippen molar-refractivity contribution < 1.29 is 23.9 Å². The first-order chi connectivity index (χ1) is 19.4. The van der Waals surface area contributed by atoms with Gasteiger partial charge in [-0.05, 0) is 61.9 Å². The van der Waals surface area contributed by atoms with Gasteiger partial charge in [0, 0.05) is 23.4 Å². The number of aromatic nitrogens is 2. The number of thiazole rings is 1. The first-order valence-electron chi connectivity index (χ1n) is 13.4. The maximum Gasteiger partial charge on any atom is 0.268 e. The number of ketones is 1. The quantitative estimate of drug-likeness (QED) is 0.220. The lowest BCUT2D eigenvalue weighted by atomic mass is 9.95. The average molecular weight is 560 g/mol. The van der Waals surface area contributed by atoms with Gasteiger partial charge in [0.15, 0.2) is 5.01 Å². The zero-order valence-electron chi connectivity index (χ0n) is 21.9. The highest BCUT2D eigenvalue weighted by molar-refractivity contribution is 7.20. The summed E-state index contributed by atoms with van der Waals surface area (Å²) in [4.78, 5) is 60.4. The van der Waals surface area contributed by atoms with Crippen LogP contribution in [0.25, 0.3) is 21.1 Å². The first-order valence-corrected chi connectivity index (χ1v) is 14.2. The summed E-state index contributed by atoms with van der Waals surface area (Å²) in [6, 6.07) is 12.9. The Kier molecular flexibility index (Phi) is 6.97. The Labute approximate surface area is 233 Å². The zero-order chi connectivity index (χ0) is 27.8. The lowest BCUT2D eigenvalue weighted by molar-refractivity contribution is -0.125. The summed E-state index contributed by atoms with van der Waals surface area (Å²) in [6.45, 7) is 0.537. The second kappa shape index (κ2) is 10.7. The Morgan fingerprint density at radius 2 is 1.93 bits per heavy atom. The van der Waals surface area contributed by atoms with Crippen LogP contribution in [0.2, 0.25) is 0 Å². The molecular formula is C29H29N5O5S. The molecule has 2 aromatic carbocycles. The van der Waals surface area contributed by atoms with Crippen molar-refractivity contribution in [3.63, 3.8) is 0 Å². The minimum absolute atomic E-state index is 0.0316. The number of hydrogen-bond acceptors (Lipinski definition) is 7. The van der Waals surface area contributed by atoms with Gasteiger partial charge >= 0.3 is 0 Å². The van der Waals surface area contributed by atoms with E-state index in [0.717, 1.165) is 28.4 Å². The third-order valence-corrected chi connectivity index (χ3v) is 8.62. The highest BCUT2D eigenvalue weighted by atomic mass is 32.1. The van der Waals surface area contributed by atoms with Crippen LogP contribution in [-0.2, 0) is 9.59 Å². The predicted molar refractivity (Wildman–Crippen MR) is 150 cm³/mol. The number of carbonyl (C=O) groups excluding carboxylic acids is 4. The van der Waals surface area contributed by atoms with Crippen molar-refractivity contribution in [3.05, 3.63) is 59.2 Å². The molecule has 206 valence electrons. The van der Waals surface area contributed by atoms with Gasteiger partial charge in [0.25, 0.3) is 5.91 Å². The summed E-state index contributed by atoms with van der Waals surface area (Å²) < 4.78 is 6.26. The molecule has 1 aliphatic carbocycles. The van der Waals surface area contributed by atoms with Crippen LogP contribution in [0.5, 0.6) is 5.75 Å². The normalized spacial score (nSPS) is 18.3. The van der Waals surface area contributed by atoms with Crippen molar-refractivity contribution in [2.75, 3.05) is 13.7 Å². The molecule has 1 saturated carbocycles. The van der Waals surface area contributed by atoms with E-state index < -0.39 is 23.9 Å². The summed E-state index contributed by atoms with van der Waals surface area (Å²) in [5.41, 5.74) is 1.76.